The first-order valence-corrected chi connectivity index (χ1v) is 5.24. The van der Waals surface area contributed by atoms with Crippen molar-refractivity contribution in [2.24, 2.45) is 0 Å². The minimum atomic E-state index is -4.10. The van der Waals surface area contributed by atoms with Crippen molar-refractivity contribution < 1.29 is 14.4 Å². The molecule has 0 aliphatic heterocycles. The first-order valence-electron chi connectivity index (χ1n) is 3.62. The van der Waals surface area contributed by atoms with E-state index in [1.165, 1.54) is 17.1 Å². The van der Waals surface area contributed by atoms with E-state index in [9.17, 15) is 4.57 Å². The van der Waals surface area contributed by atoms with Crippen LogP contribution in [0.2, 0.25) is 0 Å². The van der Waals surface area contributed by atoms with Crippen molar-refractivity contribution in [2.45, 2.75) is 19.9 Å². The Bertz CT molecular complexity index is 303. The fraction of sp³-hybridized carbons (Fsp3) is 0.500. The van der Waals surface area contributed by atoms with Crippen molar-refractivity contribution in [2.75, 3.05) is 0 Å². The van der Waals surface area contributed by atoms with E-state index in [4.69, 9.17) is 9.79 Å². The van der Waals surface area contributed by atoms with E-state index in [0.29, 0.717) is 6.54 Å². The fourth-order valence-corrected chi connectivity index (χ4v) is 1.34. The maximum absolute atomic E-state index is 10.7. The maximum Gasteiger partial charge on any atom is 0.359 e. The Balaban J connectivity index is 2.85. The summed E-state index contributed by atoms with van der Waals surface area (Å²) >= 11 is 0. The molecule has 0 saturated heterocycles. The van der Waals surface area contributed by atoms with Crippen LogP contribution in [0.4, 0.5) is 0 Å². The van der Waals surface area contributed by atoms with Crippen molar-refractivity contribution in [1.82, 2.24) is 9.78 Å². The van der Waals surface area contributed by atoms with E-state index >= 15 is 0 Å². The van der Waals surface area contributed by atoms with Gasteiger partial charge in [-0.15, -0.1) is 0 Å². The first-order chi connectivity index (χ1) is 5.54. The van der Waals surface area contributed by atoms with Gasteiger partial charge in [0, 0.05) is 12.7 Å². The smallest absolute Gasteiger partial charge is 0.321 e. The first kappa shape index (κ1) is 9.45. The molecule has 2 N–H and O–H groups in total. The van der Waals surface area contributed by atoms with Crippen LogP contribution in [0.1, 0.15) is 13.3 Å². The topological polar surface area (TPSA) is 75.4 Å². The van der Waals surface area contributed by atoms with E-state index < -0.39 is 7.60 Å². The highest BCUT2D eigenvalue weighted by atomic mass is 31.2. The highest BCUT2D eigenvalue weighted by Crippen LogP contribution is 2.32. The molecule has 0 unspecified atom stereocenters. The van der Waals surface area contributed by atoms with Crippen molar-refractivity contribution in [3.05, 3.63) is 12.4 Å². The third kappa shape index (κ3) is 2.17. The highest BCUT2D eigenvalue weighted by molar-refractivity contribution is 7.60. The molecule has 5 nitrogen and oxygen atoms in total. The maximum atomic E-state index is 10.7. The van der Waals surface area contributed by atoms with E-state index in [2.05, 4.69) is 5.10 Å². The van der Waals surface area contributed by atoms with Crippen LogP contribution in [0.5, 0.6) is 0 Å². The molecule has 1 aromatic rings. The van der Waals surface area contributed by atoms with Gasteiger partial charge >= 0.3 is 7.60 Å². The molecule has 0 fully saturated rings. The van der Waals surface area contributed by atoms with E-state index in [1.54, 1.807) is 0 Å². The third-order valence-electron chi connectivity index (χ3n) is 1.41. The molecule has 0 aromatic carbocycles. The Morgan fingerprint density at radius 2 is 2.33 bits per heavy atom. The molecule has 0 amide bonds. The second-order valence-electron chi connectivity index (χ2n) is 2.51. The van der Waals surface area contributed by atoms with Crippen molar-refractivity contribution in [3.8, 4) is 0 Å². The molecule has 6 heteroatoms. The molecule has 0 radical (unpaired) electrons. The SMILES string of the molecule is CCCn1cc(P(=O)(O)O)cn1. The Hall–Kier alpha value is -0.640. The molecule has 0 aliphatic rings. The lowest BCUT2D eigenvalue weighted by atomic mass is 10.5. The second kappa shape index (κ2) is 3.39. The van der Waals surface area contributed by atoms with Crippen molar-refractivity contribution >= 4 is 12.9 Å². The summed E-state index contributed by atoms with van der Waals surface area (Å²) in [6, 6.07) is 0. The average Bonchev–Trinajstić information content (AvgIpc) is 2.35. The molecule has 0 spiro atoms. The third-order valence-corrected chi connectivity index (χ3v) is 2.31. The Labute approximate surface area is 70.2 Å². The van der Waals surface area contributed by atoms with E-state index in [0.717, 1.165) is 6.42 Å². The molecule has 68 valence electrons. The van der Waals surface area contributed by atoms with Gasteiger partial charge in [-0.05, 0) is 6.42 Å². The monoisotopic (exact) mass is 190 g/mol. The summed E-state index contributed by atoms with van der Waals surface area (Å²) in [7, 11) is -4.10. The Kier molecular flexibility index (Phi) is 2.67. The molecule has 12 heavy (non-hydrogen) atoms. The molecule has 1 aromatic heterocycles. The largest absolute Gasteiger partial charge is 0.359 e. The molecule has 0 atom stereocenters. The molecule has 1 heterocycles. The van der Waals surface area contributed by atoms with Crippen LogP contribution < -0.4 is 5.30 Å². The van der Waals surface area contributed by atoms with Gasteiger partial charge in [0.15, 0.2) is 0 Å². The lowest BCUT2D eigenvalue weighted by Gasteiger charge is -1.97. The molecule has 0 bridgehead atoms. The molecule has 1 rings (SSSR count). The van der Waals surface area contributed by atoms with Crippen molar-refractivity contribution in [3.63, 3.8) is 0 Å². The van der Waals surface area contributed by atoms with Crippen LogP contribution in [0.25, 0.3) is 0 Å². The summed E-state index contributed by atoms with van der Waals surface area (Å²) in [4.78, 5) is 17.5. The quantitative estimate of drug-likeness (QED) is 0.662. The van der Waals surface area contributed by atoms with E-state index in [1.807, 2.05) is 6.92 Å². The zero-order valence-electron chi connectivity index (χ0n) is 6.71. The standard InChI is InChI=1S/C6H11N2O3P/c1-2-3-8-5-6(4-7-8)12(9,10)11/h4-5H,2-3H2,1H3,(H2,9,10,11). The van der Waals surface area contributed by atoms with Crippen LogP contribution in [0.3, 0.4) is 0 Å². The summed E-state index contributed by atoms with van der Waals surface area (Å²) < 4.78 is 12.2. The van der Waals surface area contributed by atoms with Gasteiger partial charge < -0.3 is 9.79 Å². The highest BCUT2D eigenvalue weighted by Gasteiger charge is 2.18. The number of hydrogen-bond acceptors (Lipinski definition) is 2. The van der Waals surface area contributed by atoms with Gasteiger partial charge in [0.05, 0.1) is 6.20 Å². The minimum absolute atomic E-state index is 0.0176. The normalized spacial score (nSPS) is 11.9. The number of nitrogens with zero attached hydrogens (tertiary/aromatic N) is 2. The summed E-state index contributed by atoms with van der Waals surface area (Å²) in [6.07, 6.45) is 3.48. The predicted octanol–water partition coefficient (Wildman–Crippen LogP) is 0.0961. The van der Waals surface area contributed by atoms with Crippen LogP contribution in [0.15, 0.2) is 12.4 Å². The lowest BCUT2D eigenvalue weighted by Crippen LogP contribution is -2.01. The van der Waals surface area contributed by atoms with Gasteiger partial charge in [-0.25, -0.2) is 0 Å². The Morgan fingerprint density at radius 3 is 2.75 bits per heavy atom. The molecule has 0 saturated carbocycles. The number of aryl methyl sites for hydroxylation is 1. The zero-order chi connectivity index (χ0) is 9.19. The van der Waals surface area contributed by atoms with Crippen LogP contribution >= 0.6 is 7.60 Å². The minimum Gasteiger partial charge on any atom is -0.321 e. The Morgan fingerprint density at radius 1 is 1.67 bits per heavy atom. The van der Waals surface area contributed by atoms with E-state index in [-0.39, 0.29) is 5.30 Å². The molecular formula is C6H11N2O3P. The van der Waals surface area contributed by atoms with Crippen molar-refractivity contribution in [1.29, 1.82) is 0 Å². The van der Waals surface area contributed by atoms with Crippen LogP contribution in [-0.2, 0) is 11.1 Å². The number of hydrogen-bond donors (Lipinski definition) is 2. The van der Waals surface area contributed by atoms with Gasteiger partial charge in [-0.3, -0.25) is 9.25 Å². The summed E-state index contributed by atoms with van der Waals surface area (Å²) in [6.45, 7) is 2.65. The zero-order valence-corrected chi connectivity index (χ0v) is 7.61. The molecular weight excluding hydrogens is 179 g/mol. The molecule has 0 aliphatic carbocycles. The van der Waals surface area contributed by atoms with Gasteiger partial charge in [-0.2, -0.15) is 5.10 Å². The van der Waals surface area contributed by atoms with Gasteiger partial charge in [-0.1, -0.05) is 6.92 Å². The predicted molar refractivity (Wildman–Crippen MR) is 44.2 cm³/mol. The lowest BCUT2D eigenvalue weighted by molar-refractivity contribution is 0.387. The van der Waals surface area contributed by atoms with Gasteiger partial charge in [0.2, 0.25) is 0 Å². The summed E-state index contributed by atoms with van der Waals surface area (Å²) in [5, 5.41) is 3.78. The second-order valence-corrected chi connectivity index (χ2v) is 4.11. The van der Waals surface area contributed by atoms with Gasteiger partial charge in [0.1, 0.15) is 5.30 Å². The van der Waals surface area contributed by atoms with Crippen LogP contribution in [0, 0.1) is 0 Å². The average molecular weight is 190 g/mol. The summed E-state index contributed by atoms with van der Waals surface area (Å²) in [5.74, 6) is 0. The fourth-order valence-electron chi connectivity index (χ4n) is 0.854. The van der Waals surface area contributed by atoms with Crippen LogP contribution in [-0.4, -0.2) is 19.6 Å². The summed E-state index contributed by atoms with van der Waals surface area (Å²) in [5.41, 5.74) is 0. The number of aromatic nitrogens is 2. The van der Waals surface area contributed by atoms with Gasteiger partial charge in [0.25, 0.3) is 0 Å². The number of rotatable bonds is 3.